The summed E-state index contributed by atoms with van der Waals surface area (Å²) in [6.45, 7) is 8.42. The number of nitrogens with one attached hydrogen (secondary N) is 1. The first kappa shape index (κ1) is 21.1. The lowest BCUT2D eigenvalue weighted by atomic mass is 9.91. The molecule has 2 unspecified atom stereocenters. The number of benzene rings is 1. The molecule has 0 aromatic heterocycles. The molecule has 1 aliphatic rings. The van der Waals surface area contributed by atoms with Crippen LogP contribution >= 0.6 is 0 Å². The predicted octanol–water partition coefficient (Wildman–Crippen LogP) is 1.79. The maximum absolute atomic E-state index is 11.8. The summed E-state index contributed by atoms with van der Waals surface area (Å²) in [5.41, 5.74) is 12.9. The Balaban J connectivity index is 0.00000112. The van der Waals surface area contributed by atoms with Gasteiger partial charge in [0.15, 0.2) is 0 Å². The highest BCUT2D eigenvalue weighted by molar-refractivity contribution is 5.95. The Bertz CT molecular complexity index is 505. The van der Waals surface area contributed by atoms with Crippen molar-refractivity contribution in [2.24, 2.45) is 11.5 Å². The van der Waals surface area contributed by atoms with Gasteiger partial charge in [0.05, 0.1) is 0 Å². The first-order valence-electron chi connectivity index (χ1n) is 8.07. The highest BCUT2D eigenvalue weighted by atomic mass is 16.1. The normalized spacial score (nSPS) is 18.5. The van der Waals surface area contributed by atoms with E-state index in [4.69, 9.17) is 5.73 Å². The molecule has 0 spiro atoms. The Hall–Kier alpha value is -1.92. The smallest absolute Gasteiger partial charge is 0.251 e. The zero-order chi connectivity index (χ0) is 18.0. The lowest BCUT2D eigenvalue weighted by molar-refractivity contribution is -0.107. The van der Waals surface area contributed by atoms with E-state index in [2.05, 4.69) is 11.1 Å². The maximum atomic E-state index is 11.8. The summed E-state index contributed by atoms with van der Waals surface area (Å²) in [7, 11) is 1.50. The standard InChI is InChI=1S/C14H19N3O2.C2H6.CH5N/c1-3-16-14(19)10-4-5-13-11(7-10)12(15)6-9(2)17(13)8-18;2*1-2/h4-5,7-9,12H,3,6,15H2,1-2H3,(H,16,19);1-2H3;2H2,1H3. The van der Waals surface area contributed by atoms with Crippen LogP contribution in [0.4, 0.5) is 5.69 Å². The van der Waals surface area contributed by atoms with E-state index >= 15 is 0 Å². The van der Waals surface area contributed by atoms with Crippen LogP contribution in [0.2, 0.25) is 0 Å². The quantitative estimate of drug-likeness (QED) is 0.738. The van der Waals surface area contributed by atoms with E-state index in [0.717, 1.165) is 17.7 Å². The van der Waals surface area contributed by atoms with Crippen LogP contribution in [0.5, 0.6) is 0 Å². The molecule has 0 saturated heterocycles. The number of amides is 2. The Morgan fingerprint density at radius 2 is 2.00 bits per heavy atom. The van der Waals surface area contributed by atoms with Gasteiger partial charge in [0, 0.05) is 29.9 Å². The van der Waals surface area contributed by atoms with Crippen LogP contribution in [-0.4, -0.2) is 32.0 Å². The molecule has 0 fully saturated rings. The van der Waals surface area contributed by atoms with Crippen molar-refractivity contribution in [2.75, 3.05) is 18.5 Å². The second kappa shape index (κ2) is 10.7. The van der Waals surface area contributed by atoms with E-state index in [1.807, 2.05) is 27.7 Å². The molecule has 1 aromatic rings. The van der Waals surface area contributed by atoms with Crippen LogP contribution in [0, 0.1) is 0 Å². The second-order valence-corrected chi connectivity index (χ2v) is 4.84. The molecule has 6 nitrogen and oxygen atoms in total. The molecule has 1 aromatic carbocycles. The first-order chi connectivity index (χ1) is 11.1. The van der Waals surface area contributed by atoms with Crippen LogP contribution in [0.15, 0.2) is 18.2 Å². The molecule has 0 bridgehead atoms. The number of nitrogens with two attached hydrogens (primary N) is 2. The van der Waals surface area contributed by atoms with E-state index in [1.165, 1.54) is 7.05 Å². The number of anilines is 1. The van der Waals surface area contributed by atoms with Gasteiger partial charge in [-0.2, -0.15) is 0 Å². The summed E-state index contributed by atoms with van der Waals surface area (Å²) < 4.78 is 0. The van der Waals surface area contributed by atoms with Crippen molar-refractivity contribution < 1.29 is 9.59 Å². The van der Waals surface area contributed by atoms with Crippen LogP contribution in [0.1, 0.15) is 56.1 Å². The fraction of sp³-hybridized carbons (Fsp3) is 0.529. The van der Waals surface area contributed by atoms with E-state index in [0.29, 0.717) is 18.5 Å². The highest BCUT2D eigenvalue weighted by Gasteiger charge is 2.28. The number of carbonyl (C=O) groups is 2. The lowest BCUT2D eigenvalue weighted by Gasteiger charge is -2.35. The molecule has 1 heterocycles. The summed E-state index contributed by atoms with van der Waals surface area (Å²) in [5.74, 6) is -0.117. The maximum Gasteiger partial charge on any atom is 0.251 e. The van der Waals surface area contributed by atoms with Gasteiger partial charge < -0.3 is 21.7 Å². The van der Waals surface area contributed by atoms with E-state index in [1.54, 1.807) is 23.1 Å². The molecule has 0 aliphatic carbocycles. The van der Waals surface area contributed by atoms with Crippen molar-refractivity contribution >= 4 is 18.0 Å². The third-order valence-corrected chi connectivity index (χ3v) is 3.49. The fourth-order valence-electron chi connectivity index (χ4n) is 2.50. The summed E-state index contributed by atoms with van der Waals surface area (Å²) in [6.07, 6.45) is 1.52. The zero-order valence-electron chi connectivity index (χ0n) is 14.8. The van der Waals surface area contributed by atoms with E-state index < -0.39 is 0 Å². The third kappa shape index (κ3) is 5.04. The van der Waals surface area contributed by atoms with Gasteiger partial charge in [0.1, 0.15) is 0 Å². The number of fused-ring (bicyclic) bond motifs is 1. The average Bonchev–Trinajstić information content (AvgIpc) is 2.59. The van der Waals surface area contributed by atoms with Crippen molar-refractivity contribution in [2.45, 2.75) is 46.2 Å². The molecule has 2 atom stereocenters. The van der Waals surface area contributed by atoms with E-state index in [9.17, 15) is 9.59 Å². The number of carbonyl (C=O) groups excluding carboxylic acids is 2. The third-order valence-electron chi connectivity index (χ3n) is 3.49. The summed E-state index contributed by atoms with van der Waals surface area (Å²) in [5, 5.41) is 2.75. The van der Waals surface area contributed by atoms with Crippen molar-refractivity contribution in [1.29, 1.82) is 0 Å². The molecule has 1 aliphatic heterocycles. The number of rotatable bonds is 3. The summed E-state index contributed by atoms with van der Waals surface area (Å²) in [6, 6.07) is 5.24. The van der Waals surface area contributed by atoms with Gasteiger partial charge in [-0.05, 0) is 51.1 Å². The van der Waals surface area contributed by atoms with Crippen molar-refractivity contribution in [3.63, 3.8) is 0 Å². The topological polar surface area (TPSA) is 101 Å². The Morgan fingerprint density at radius 3 is 2.52 bits per heavy atom. The minimum Gasteiger partial charge on any atom is -0.352 e. The van der Waals surface area contributed by atoms with Crippen LogP contribution < -0.4 is 21.7 Å². The van der Waals surface area contributed by atoms with Gasteiger partial charge >= 0.3 is 0 Å². The minimum absolute atomic E-state index is 0.0790. The van der Waals surface area contributed by atoms with Crippen molar-refractivity contribution in [3.05, 3.63) is 29.3 Å². The SMILES string of the molecule is CC.CCNC(=O)c1ccc2c(c1)C(N)CC(C)N2C=O.CN. The molecule has 5 N–H and O–H groups in total. The Kier molecular flexibility index (Phi) is 9.85. The van der Waals surface area contributed by atoms with Gasteiger partial charge in [-0.25, -0.2) is 0 Å². The summed E-state index contributed by atoms with van der Waals surface area (Å²) >= 11 is 0. The molecular formula is C17H30N4O2. The van der Waals surface area contributed by atoms with Crippen LogP contribution in [0.3, 0.4) is 0 Å². The van der Waals surface area contributed by atoms with Gasteiger partial charge in [0.2, 0.25) is 6.41 Å². The molecule has 0 saturated carbocycles. The van der Waals surface area contributed by atoms with E-state index in [-0.39, 0.29) is 18.0 Å². The van der Waals surface area contributed by atoms with Crippen molar-refractivity contribution in [3.8, 4) is 0 Å². The number of hydrogen-bond acceptors (Lipinski definition) is 4. The molecule has 2 rings (SSSR count). The number of nitrogens with zero attached hydrogens (tertiary/aromatic N) is 1. The first-order valence-corrected chi connectivity index (χ1v) is 8.07. The molecule has 6 heteroatoms. The van der Waals surface area contributed by atoms with Crippen LogP contribution in [0.25, 0.3) is 0 Å². The lowest BCUT2D eigenvalue weighted by Crippen LogP contribution is -2.40. The minimum atomic E-state index is -0.143. The molecular weight excluding hydrogens is 292 g/mol. The molecule has 23 heavy (non-hydrogen) atoms. The molecule has 130 valence electrons. The van der Waals surface area contributed by atoms with Gasteiger partial charge in [0.25, 0.3) is 5.91 Å². The predicted molar refractivity (Wildman–Crippen MR) is 95.5 cm³/mol. The van der Waals surface area contributed by atoms with Gasteiger partial charge in [-0.15, -0.1) is 0 Å². The average molecular weight is 322 g/mol. The zero-order valence-corrected chi connectivity index (χ0v) is 14.8. The second-order valence-electron chi connectivity index (χ2n) is 4.84. The van der Waals surface area contributed by atoms with Gasteiger partial charge in [-0.3, -0.25) is 9.59 Å². The highest BCUT2D eigenvalue weighted by Crippen LogP contribution is 2.35. The number of hydrogen-bond donors (Lipinski definition) is 3. The monoisotopic (exact) mass is 322 g/mol. The Labute approximate surface area is 139 Å². The van der Waals surface area contributed by atoms with Gasteiger partial charge in [-0.1, -0.05) is 13.8 Å². The largest absolute Gasteiger partial charge is 0.352 e. The summed E-state index contributed by atoms with van der Waals surface area (Å²) in [4.78, 5) is 24.7. The molecule has 0 radical (unpaired) electrons. The Morgan fingerprint density at radius 1 is 1.39 bits per heavy atom. The van der Waals surface area contributed by atoms with Crippen LogP contribution in [-0.2, 0) is 4.79 Å². The fourth-order valence-corrected chi connectivity index (χ4v) is 2.50. The molecule has 2 amide bonds. The van der Waals surface area contributed by atoms with Crippen molar-refractivity contribution in [1.82, 2.24) is 5.32 Å².